The van der Waals surface area contributed by atoms with Gasteiger partial charge in [-0.15, -0.1) is 13.2 Å². The van der Waals surface area contributed by atoms with E-state index in [1.807, 2.05) is 0 Å². The minimum atomic E-state index is -4.78. The Hall–Kier alpha value is -3.11. The molecule has 8 nitrogen and oxygen atoms in total. The number of nitrogens with two attached hydrogens (primary N) is 1. The molecule has 23 heavy (non-hydrogen) atoms. The second kappa shape index (κ2) is 6.34. The first-order valence-corrected chi connectivity index (χ1v) is 6.04. The van der Waals surface area contributed by atoms with E-state index in [0.29, 0.717) is 5.56 Å². The minimum absolute atomic E-state index is 0.0159. The van der Waals surface area contributed by atoms with E-state index in [1.54, 1.807) is 0 Å². The van der Waals surface area contributed by atoms with E-state index in [-0.39, 0.29) is 17.6 Å². The highest BCUT2D eigenvalue weighted by Crippen LogP contribution is 2.25. The van der Waals surface area contributed by atoms with Gasteiger partial charge in [0, 0.05) is 5.56 Å². The highest BCUT2D eigenvalue weighted by molar-refractivity contribution is 5.91. The average Bonchev–Trinajstić information content (AvgIpc) is 2.93. The molecule has 1 aromatic carbocycles. The van der Waals surface area contributed by atoms with Crippen LogP contribution in [0, 0.1) is 0 Å². The molecule has 2 aromatic rings. The Bertz CT molecular complexity index is 720. The van der Waals surface area contributed by atoms with Crippen LogP contribution in [-0.2, 0) is 0 Å². The van der Waals surface area contributed by atoms with Gasteiger partial charge in [-0.1, -0.05) is 5.16 Å². The van der Waals surface area contributed by atoms with Crippen molar-refractivity contribution in [3.63, 3.8) is 0 Å². The minimum Gasteiger partial charge on any atom is -0.406 e. The predicted octanol–water partition coefficient (Wildman–Crippen LogP) is 1.66. The van der Waals surface area contributed by atoms with E-state index < -0.39 is 18.0 Å². The van der Waals surface area contributed by atoms with Crippen molar-refractivity contribution in [2.24, 2.45) is 10.8 Å². The van der Waals surface area contributed by atoms with Gasteiger partial charge in [-0.25, -0.2) is 5.43 Å². The first kappa shape index (κ1) is 16.3. The molecular formula is C12H10F3N5O3. The lowest BCUT2D eigenvalue weighted by atomic mass is 10.2. The molecule has 0 aliphatic carbocycles. The van der Waals surface area contributed by atoms with Crippen molar-refractivity contribution < 1.29 is 27.2 Å². The van der Waals surface area contributed by atoms with E-state index in [1.165, 1.54) is 19.1 Å². The number of ether oxygens (including phenoxy) is 1. The van der Waals surface area contributed by atoms with Gasteiger partial charge in [-0.3, -0.25) is 4.79 Å². The molecule has 0 atom stereocenters. The number of benzene rings is 1. The number of hydrogen-bond acceptors (Lipinski definition) is 6. The third-order valence-corrected chi connectivity index (χ3v) is 2.30. The fourth-order valence-corrected chi connectivity index (χ4v) is 1.43. The first-order chi connectivity index (χ1) is 10.7. The molecule has 0 aliphatic rings. The monoisotopic (exact) mass is 329 g/mol. The summed E-state index contributed by atoms with van der Waals surface area (Å²) >= 11 is 0. The first-order valence-electron chi connectivity index (χ1n) is 6.04. The number of halogens is 3. The SMILES string of the molecule is C/C(N)=N\NC(=O)c1nc(-c2ccc(OC(F)(F)F)cc2)no1. The lowest BCUT2D eigenvalue weighted by molar-refractivity contribution is -0.274. The van der Waals surface area contributed by atoms with E-state index in [9.17, 15) is 18.0 Å². The maximum absolute atomic E-state index is 12.1. The zero-order valence-corrected chi connectivity index (χ0v) is 11.6. The van der Waals surface area contributed by atoms with Crippen molar-refractivity contribution in [3.8, 4) is 17.1 Å². The second-order valence-electron chi connectivity index (χ2n) is 4.19. The Balaban J connectivity index is 2.11. The van der Waals surface area contributed by atoms with Gasteiger partial charge in [0.15, 0.2) is 0 Å². The molecule has 11 heteroatoms. The molecule has 122 valence electrons. The van der Waals surface area contributed by atoms with Crippen LogP contribution >= 0.6 is 0 Å². The highest BCUT2D eigenvalue weighted by atomic mass is 19.4. The van der Waals surface area contributed by atoms with Crippen LogP contribution in [0.5, 0.6) is 5.75 Å². The van der Waals surface area contributed by atoms with Gasteiger partial charge in [0.1, 0.15) is 11.6 Å². The molecule has 0 saturated heterocycles. The van der Waals surface area contributed by atoms with Crippen molar-refractivity contribution in [2.45, 2.75) is 13.3 Å². The van der Waals surface area contributed by atoms with Crippen LogP contribution in [0.1, 0.15) is 17.6 Å². The maximum atomic E-state index is 12.1. The summed E-state index contributed by atoms with van der Waals surface area (Å²) in [7, 11) is 0. The van der Waals surface area contributed by atoms with Crippen LogP contribution in [0.2, 0.25) is 0 Å². The van der Waals surface area contributed by atoms with Crippen molar-refractivity contribution >= 4 is 11.7 Å². The molecule has 0 radical (unpaired) electrons. The maximum Gasteiger partial charge on any atom is 0.573 e. The molecule has 0 saturated carbocycles. The van der Waals surface area contributed by atoms with Gasteiger partial charge < -0.3 is 15.0 Å². The van der Waals surface area contributed by atoms with Gasteiger partial charge >= 0.3 is 18.2 Å². The fraction of sp³-hybridized carbons (Fsp3) is 0.167. The van der Waals surface area contributed by atoms with E-state index in [4.69, 9.17) is 10.3 Å². The summed E-state index contributed by atoms with van der Waals surface area (Å²) in [5, 5.41) is 7.02. The summed E-state index contributed by atoms with van der Waals surface area (Å²) in [6, 6.07) is 4.74. The molecule has 0 unspecified atom stereocenters. The summed E-state index contributed by atoms with van der Waals surface area (Å²) in [4.78, 5) is 15.4. The Kier molecular flexibility index (Phi) is 4.48. The van der Waals surface area contributed by atoms with Gasteiger partial charge in [0.2, 0.25) is 5.82 Å². The molecular weight excluding hydrogens is 319 g/mol. The molecule has 3 N–H and O–H groups in total. The van der Waals surface area contributed by atoms with Crippen molar-refractivity contribution in [3.05, 3.63) is 30.2 Å². The van der Waals surface area contributed by atoms with Crippen molar-refractivity contribution in [1.82, 2.24) is 15.6 Å². The number of rotatable bonds is 4. The smallest absolute Gasteiger partial charge is 0.406 e. The number of hydrazone groups is 1. The van der Waals surface area contributed by atoms with Gasteiger partial charge in [-0.05, 0) is 31.2 Å². The molecule has 1 heterocycles. The Morgan fingerprint density at radius 1 is 1.35 bits per heavy atom. The van der Waals surface area contributed by atoms with Crippen LogP contribution < -0.4 is 15.9 Å². The molecule has 0 fully saturated rings. The van der Waals surface area contributed by atoms with Crippen LogP contribution in [0.3, 0.4) is 0 Å². The molecule has 0 bridgehead atoms. The van der Waals surface area contributed by atoms with E-state index in [2.05, 4.69) is 25.4 Å². The molecule has 1 aromatic heterocycles. The van der Waals surface area contributed by atoms with Crippen molar-refractivity contribution in [1.29, 1.82) is 0 Å². The molecule has 1 amide bonds. The number of amidine groups is 1. The number of nitrogens with one attached hydrogen (secondary N) is 1. The standard InChI is InChI=1S/C12H10F3N5O3/c1-6(16)18-19-10(21)11-17-9(20-23-11)7-2-4-8(5-3-7)22-12(13,14)15/h2-5H,1H3,(H2,16,18)(H,19,21). The topological polar surface area (TPSA) is 116 Å². The lowest BCUT2D eigenvalue weighted by Crippen LogP contribution is -2.21. The largest absolute Gasteiger partial charge is 0.573 e. The van der Waals surface area contributed by atoms with E-state index >= 15 is 0 Å². The number of alkyl halides is 3. The quantitative estimate of drug-likeness (QED) is 0.501. The number of amides is 1. The second-order valence-corrected chi connectivity index (χ2v) is 4.19. The zero-order chi connectivity index (χ0) is 17.0. The number of carbonyl (C=O) groups is 1. The van der Waals surface area contributed by atoms with Crippen LogP contribution in [0.4, 0.5) is 13.2 Å². The Morgan fingerprint density at radius 3 is 2.57 bits per heavy atom. The molecule has 2 rings (SSSR count). The summed E-state index contributed by atoms with van der Waals surface area (Å²) < 4.78 is 44.6. The van der Waals surface area contributed by atoms with Gasteiger partial charge in [0.25, 0.3) is 0 Å². The molecule has 0 aliphatic heterocycles. The summed E-state index contributed by atoms with van der Waals surface area (Å²) in [6.45, 7) is 1.46. The number of carbonyl (C=O) groups excluding carboxylic acids is 1. The summed E-state index contributed by atoms with van der Waals surface area (Å²) in [5.74, 6) is -1.40. The van der Waals surface area contributed by atoms with Crippen LogP contribution in [0.25, 0.3) is 11.4 Å². The number of hydrogen-bond donors (Lipinski definition) is 2. The lowest BCUT2D eigenvalue weighted by Gasteiger charge is -2.08. The molecule has 0 spiro atoms. The Labute approximate surface area is 127 Å². The van der Waals surface area contributed by atoms with Crippen LogP contribution in [-0.4, -0.2) is 28.2 Å². The highest BCUT2D eigenvalue weighted by Gasteiger charge is 2.31. The van der Waals surface area contributed by atoms with Gasteiger partial charge in [-0.2, -0.15) is 10.1 Å². The Morgan fingerprint density at radius 2 is 2.00 bits per heavy atom. The fourth-order valence-electron chi connectivity index (χ4n) is 1.43. The number of nitrogens with zero attached hydrogens (tertiary/aromatic N) is 3. The van der Waals surface area contributed by atoms with Gasteiger partial charge in [0.05, 0.1) is 0 Å². The summed E-state index contributed by atoms with van der Waals surface area (Å²) in [5.41, 5.74) is 7.66. The third kappa shape index (κ3) is 4.69. The van der Waals surface area contributed by atoms with E-state index in [0.717, 1.165) is 12.1 Å². The third-order valence-electron chi connectivity index (χ3n) is 2.30. The average molecular weight is 329 g/mol. The summed E-state index contributed by atoms with van der Waals surface area (Å²) in [6.07, 6.45) is -4.78. The normalized spacial score (nSPS) is 12.1. The van der Waals surface area contributed by atoms with Crippen molar-refractivity contribution in [2.75, 3.05) is 0 Å². The number of aromatic nitrogens is 2. The van der Waals surface area contributed by atoms with Crippen LogP contribution in [0.15, 0.2) is 33.9 Å². The predicted molar refractivity (Wildman–Crippen MR) is 71.2 cm³/mol. The zero-order valence-electron chi connectivity index (χ0n) is 11.6.